The number of nitrogens with zero attached hydrogens (tertiary/aromatic N) is 4. The molecule has 4 saturated heterocycles. The molecule has 0 spiro atoms. The zero-order valence-electron chi connectivity index (χ0n) is 48.8. The monoisotopic (exact) mass is 1200 g/mol. The molecule has 25 nitrogen and oxygen atoms in total. The standard InChI is InChI=1S/C59H85N11O14S/c1-35(2)49(54(78)63-41(24-25-48(72)73)56(80)70-31-12-19-47(70)59(83)84)66-53(77)46-18-11-30-69(46)57(81)42(34-37-20-22-38(71)23-21-37)64-50(74)40(15-7-8-27-60)62-51(75)45-17-10-29-68(45)58(82)43(33-36-13-5-4-6-14-36)65-52(76)44-16-9-28-67(44)55(79)39(61)26-32-85-3/h4-6,13-14,20-23,35,39-47,49,71H,7-12,15-19,24-34,60-61H2,1-3H3,(H,62,75)(H,63,78)(H,64,74)(H,65,76)(H,66,77)(H,72,73)(H,83,84)/t39-,40-,41-,42-,43-,44-,45-,46-,47-,49-/m0/s1. The van der Waals surface area contributed by atoms with Gasteiger partial charge in [0.25, 0.3) is 0 Å². The van der Waals surface area contributed by atoms with Gasteiger partial charge in [-0.1, -0.05) is 56.3 Å². The van der Waals surface area contributed by atoms with Crippen LogP contribution in [0.25, 0.3) is 0 Å². The first-order valence-corrected chi connectivity index (χ1v) is 31.0. The van der Waals surface area contributed by atoms with Gasteiger partial charge in [-0.25, -0.2) is 4.79 Å². The van der Waals surface area contributed by atoms with E-state index in [1.807, 2.05) is 24.5 Å². The SMILES string of the molecule is CSCC[C@H](N)C(=O)N1CCC[C@H]1C(=O)N[C@@H](Cc1ccccc1)C(=O)N1CCC[C@H]1C(=O)N[C@@H](CCCCN)C(=O)N[C@@H](Cc1ccc(O)cc1)C(=O)N1CCC[C@H]1C(=O)N[C@H](C(=O)N[C@@H](CCC(=O)O)C(=O)N1CCC[C@H]1C(=O)O)C(C)C. The first-order valence-electron chi connectivity index (χ1n) is 29.6. The van der Waals surface area contributed by atoms with Crippen molar-refractivity contribution in [3.05, 3.63) is 65.7 Å². The van der Waals surface area contributed by atoms with Gasteiger partial charge in [0.1, 0.15) is 60.1 Å². The Morgan fingerprint density at radius 3 is 1.52 bits per heavy atom. The van der Waals surface area contributed by atoms with Crippen molar-refractivity contribution >= 4 is 76.9 Å². The van der Waals surface area contributed by atoms with E-state index in [0.29, 0.717) is 69.2 Å². The molecule has 0 bridgehead atoms. The largest absolute Gasteiger partial charge is 0.508 e. The lowest BCUT2D eigenvalue weighted by molar-refractivity contribution is -0.150. The maximum Gasteiger partial charge on any atom is 0.326 e. The number of hydrogen-bond donors (Lipinski definition) is 10. The van der Waals surface area contributed by atoms with Gasteiger partial charge < -0.3 is 73.0 Å². The van der Waals surface area contributed by atoms with Crippen molar-refractivity contribution in [2.45, 2.75) is 177 Å². The van der Waals surface area contributed by atoms with Crippen LogP contribution in [-0.4, -0.2) is 205 Å². The average Bonchev–Trinajstić information content (AvgIpc) is 3.95. The van der Waals surface area contributed by atoms with Crippen molar-refractivity contribution in [3.63, 3.8) is 0 Å². The maximum absolute atomic E-state index is 14.9. The summed E-state index contributed by atoms with van der Waals surface area (Å²) < 4.78 is 0. The minimum Gasteiger partial charge on any atom is -0.508 e. The summed E-state index contributed by atoms with van der Waals surface area (Å²) in [6.07, 6.45) is 5.03. The summed E-state index contributed by atoms with van der Waals surface area (Å²) in [5.41, 5.74) is 13.4. The van der Waals surface area contributed by atoms with Gasteiger partial charge in [-0.15, -0.1) is 0 Å². The summed E-state index contributed by atoms with van der Waals surface area (Å²) in [7, 11) is 0. The average molecular weight is 1200 g/mol. The molecule has 26 heteroatoms. The van der Waals surface area contributed by atoms with Gasteiger partial charge in [0.15, 0.2) is 0 Å². The Hall–Kier alpha value is -7.32. The number of unbranched alkanes of at least 4 members (excludes halogenated alkanes) is 1. The number of carboxylic acid groups (broad SMARTS) is 2. The number of phenols is 1. The molecule has 85 heavy (non-hydrogen) atoms. The molecular weight excluding hydrogens is 1120 g/mol. The first-order chi connectivity index (χ1) is 40.6. The van der Waals surface area contributed by atoms with Crippen LogP contribution < -0.4 is 38.1 Å². The number of carboxylic acids is 2. The summed E-state index contributed by atoms with van der Waals surface area (Å²) in [6.45, 7) is 4.20. The molecule has 2 aromatic rings. The van der Waals surface area contributed by atoms with Gasteiger partial charge in [-0.05, 0) is 131 Å². The van der Waals surface area contributed by atoms with Crippen molar-refractivity contribution in [1.29, 1.82) is 0 Å². The van der Waals surface area contributed by atoms with Crippen molar-refractivity contribution in [3.8, 4) is 5.75 Å². The van der Waals surface area contributed by atoms with E-state index in [1.54, 1.807) is 49.9 Å². The molecule has 4 fully saturated rings. The molecule has 2 aromatic carbocycles. The molecule has 6 rings (SSSR count). The highest BCUT2D eigenvalue weighted by Gasteiger charge is 2.45. The number of aromatic hydroxyl groups is 1. The Labute approximate surface area is 499 Å². The second-order valence-corrected chi connectivity index (χ2v) is 23.7. The molecule has 4 heterocycles. The fourth-order valence-electron chi connectivity index (χ4n) is 11.6. The molecule has 0 radical (unpaired) electrons. The Kier molecular flexibility index (Phi) is 25.4. The third-order valence-electron chi connectivity index (χ3n) is 16.3. The van der Waals surface area contributed by atoms with Crippen LogP contribution >= 0.6 is 11.8 Å². The van der Waals surface area contributed by atoms with Crippen LogP contribution in [0.3, 0.4) is 0 Å². The van der Waals surface area contributed by atoms with Gasteiger partial charge in [0.05, 0.1) is 6.04 Å². The Bertz CT molecular complexity index is 2690. The van der Waals surface area contributed by atoms with E-state index in [4.69, 9.17) is 11.5 Å². The lowest BCUT2D eigenvalue weighted by Crippen LogP contribution is -2.61. The molecule has 0 unspecified atom stereocenters. The highest BCUT2D eigenvalue weighted by atomic mass is 32.2. The van der Waals surface area contributed by atoms with Gasteiger partial charge in [0.2, 0.25) is 53.2 Å². The summed E-state index contributed by atoms with van der Waals surface area (Å²) in [4.78, 5) is 158. The van der Waals surface area contributed by atoms with Gasteiger partial charge in [0, 0.05) is 45.4 Å². The zero-order chi connectivity index (χ0) is 61.9. The van der Waals surface area contributed by atoms with Crippen molar-refractivity contribution in [1.82, 2.24) is 46.2 Å². The molecule has 12 N–H and O–H groups in total. The number of thioether (sulfide) groups is 1. The molecule has 0 saturated carbocycles. The molecule has 0 aromatic heterocycles. The van der Waals surface area contributed by atoms with E-state index < -0.39 is 132 Å². The summed E-state index contributed by atoms with van der Waals surface area (Å²) in [5, 5.41) is 43.3. The Balaban J connectivity index is 1.19. The number of likely N-dealkylation sites (tertiary alicyclic amines) is 4. The number of nitrogens with two attached hydrogens (primary N) is 2. The second-order valence-electron chi connectivity index (χ2n) is 22.7. The summed E-state index contributed by atoms with van der Waals surface area (Å²) in [6, 6.07) is 3.51. The summed E-state index contributed by atoms with van der Waals surface area (Å²) in [5.74, 6) is -8.25. The van der Waals surface area contributed by atoms with Crippen LogP contribution in [0.5, 0.6) is 5.75 Å². The third kappa shape index (κ3) is 18.3. The fraction of sp³-hybridized carbons (Fsp3) is 0.610. The van der Waals surface area contributed by atoms with E-state index in [0.717, 1.165) is 10.5 Å². The van der Waals surface area contributed by atoms with Crippen LogP contribution in [0.15, 0.2) is 54.6 Å². The van der Waals surface area contributed by atoms with E-state index in [9.17, 15) is 68.1 Å². The van der Waals surface area contributed by atoms with Crippen LogP contribution in [0.4, 0.5) is 0 Å². The predicted octanol–water partition coefficient (Wildman–Crippen LogP) is 0.380. The van der Waals surface area contributed by atoms with Crippen LogP contribution in [0.1, 0.15) is 115 Å². The molecule has 466 valence electrons. The van der Waals surface area contributed by atoms with Crippen LogP contribution in [0, 0.1) is 5.92 Å². The minimum atomic E-state index is -1.43. The summed E-state index contributed by atoms with van der Waals surface area (Å²) >= 11 is 1.56. The van der Waals surface area contributed by atoms with Gasteiger partial charge in [-0.2, -0.15) is 11.8 Å². The highest BCUT2D eigenvalue weighted by molar-refractivity contribution is 7.98. The number of hydrogen-bond acceptors (Lipinski definition) is 15. The van der Waals surface area contributed by atoms with Gasteiger partial charge >= 0.3 is 11.9 Å². The van der Waals surface area contributed by atoms with E-state index in [2.05, 4.69) is 26.6 Å². The predicted molar refractivity (Wildman–Crippen MR) is 314 cm³/mol. The lowest BCUT2D eigenvalue weighted by atomic mass is 10.0. The number of amides is 9. The van der Waals surface area contributed by atoms with Gasteiger partial charge in [-0.3, -0.25) is 47.9 Å². The molecule has 9 amide bonds. The maximum atomic E-state index is 14.9. The van der Waals surface area contributed by atoms with Crippen LogP contribution in [0.2, 0.25) is 0 Å². The van der Waals surface area contributed by atoms with Crippen LogP contribution in [-0.2, 0) is 65.6 Å². The molecular formula is C59H85N11O14S. The topological polar surface area (TPSA) is 374 Å². The number of carbonyl (C=O) groups is 11. The first kappa shape index (κ1) is 66.8. The lowest BCUT2D eigenvalue weighted by Gasteiger charge is -2.33. The number of benzene rings is 2. The molecule has 4 aliphatic heterocycles. The molecule has 0 aliphatic carbocycles. The van der Waals surface area contributed by atoms with E-state index >= 15 is 0 Å². The van der Waals surface area contributed by atoms with E-state index in [-0.39, 0.29) is 82.8 Å². The molecule has 4 aliphatic rings. The minimum absolute atomic E-state index is 0.0562. The van der Waals surface area contributed by atoms with Crippen molar-refractivity contribution < 1.29 is 68.1 Å². The number of nitrogens with one attached hydrogen (secondary N) is 5. The fourth-order valence-corrected chi connectivity index (χ4v) is 12.1. The normalized spacial score (nSPS) is 20.6. The number of carbonyl (C=O) groups excluding carboxylic acids is 9. The number of phenolic OH excluding ortho intramolecular Hbond substituents is 1. The Morgan fingerprint density at radius 1 is 0.553 bits per heavy atom. The smallest absolute Gasteiger partial charge is 0.326 e. The second kappa shape index (κ2) is 32.3. The van der Waals surface area contributed by atoms with Crippen molar-refractivity contribution in [2.24, 2.45) is 17.4 Å². The highest BCUT2D eigenvalue weighted by Crippen LogP contribution is 2.26. The third-order valence-corrected chi connectivity index (χ3v) is 16.9. The quantitative estimate of drug-likeness (QED) is 0.0473. The number of rotatable bonds is 30. The zero-order valence-corrected chi connectivity index (χ0v) is 49.6. The number of aliphatic carboxylic acids is 2. The molecule has 10 atom stereocenters. The van der Waals surface area contributed by atoms with Crippen molar-refractivity contribution in [2.75, 3.05) is 44.7 Å². The Morgan fingerprint density at radius 2 is 1.01 bits per heavy atom. The van der Waals surface area contributed by atoms with E-state index in [1.165, 1.54) is 26.8 Å².